The van der Waals surface area contributed by atoms with Crippen molar-refractivity contribution in [3.05, 3.63) is 18.1 Å². The largest absolute Gasteiger partial charge is 0.384 e. The Balaban J connectivity index is 2.63. The lowest BCUT2D eigenvalue weighted by molar-refractivity contribution is 0.554. The van der Waals surface area contributed by atoms with E-state index in [0.717, 1.165) is 16.9 Å². The lowest BCUT2D eigenvalue weighted by Gasteiger charge is -2.13. The fourth-order valence-corrected chi connectivity index (χ4v) is 1.28. The molecule has 14 heavy (non-hydrogen) atoms. The molecule has 3 N–H and O–H groups in total. The molecular weight excluding hydrogens is 176 g/mol. The molecule has 2 aromatic heterocycles. The Labute approximate surface area is 82.6 Å². The first kappa shape index (κ1) is 8.99. The van der Waals surface area contributed by atoms with Gasteiger partial charge in [-0.15, -0.1) is 0 Å². The van der Waals surface area contributed by atoms with Gasteiger partial charge in [-0.2, -0.15) is 0 Å². The zero-order valence-electron chi connectivity index (χ0n) is 8.63. The van der Waals surface area contributed by atoms with Crippen molar-refractivity contribution in [3.63, 3.8) is 0 Å². The van der Waals surface area contributed by atoms with Gasteiger partial charge in [0.1, 0.15) is 11.6 Å². The van der Waals surface area contributed by atoms with Gasteiger partial charge < -0.3 is 10.7 Å². The van der Waals surface area contributed by atoms with E-state index in [4.69, 9.17) is 5.73 Å². The van der Waals surface area contributed by atoms with E-state index in [9.17, 15) is 0 Å². The molecule has 0 bridgehead atoms. The number of aromatic nitrogens is 3. The van der Waals surface area contributed by atoms with Gasteiger partial charge in [-0.3, -0.25) is 0 Å². The molecule has 0 aliphatic rings. The molecule has 0 aliphatic heterocycles. The quantitative estimate of drug-likeness (QED) is 0.666. The third kappa shape index (κ3) is 1.43. The number of pyridine rings is 1. The van der Waals surface area contributed by atoms with Gasteiger partial charge in [0.15, 0.2) is 0 Å². The van der Waals surface area contributed by atoms with Gasteiger partial charge in [-0.05, 0) is 0 Å². The minimum atomic E-state index is 0.0216. The fraction of sp³-hybridized carbons (Fsp3) is 0.400. The average Bonchev–Trinajstić information content (AvgIpc) is 2.45. The van der Waals surface area contributed by atoms with E-state index in [1.807, 2.05) is 0 Å². The highest BCUT2D eigenvalue weighted by Gasteiger charge is 2.18. The lowest BCUT2D eigenvalue weighted by atomic mass is 9.96. The zero-order chi connectivity index (χ0) is 10.3. The van der Waals surface area contributed by atoms with Gasteiger partial charge in [0.05, 0.1) is 17.2 Å². The lowest BCUT2D eigenvalue weighted by Crippen LogP contribution is -2.12. The monoisotopic (exact) mass is 190 g/mol. The summed E-state index contributed by atoms with van der Waals surface area (Å²) in [5.41, 5.74) is 7.41. The summed E-state index contributed by atoms with van der Waals surface area (Å²) in [5, 5.41) is 0. The molecule has 2 aromatic rings. The van der Waals surface area contributed by atoms with Crippen LogP contribution in [0.2, 0.25) is 0 Å². The second-order valence-electron chi connectivity index (χ2n) is 4.46. The third-order valence-electron chi connectivity index (χ3n) is 2.10. The Hall–Kier alpha value is -1.58. The smallest absolute Gasteiger partial charge is 0.125 e. The van der Waals surface area contributed by atoms with E-state index in [1.165, 1.54) is 0 Å². The van der Waals surface area contributed by atoms with E-state index in [0.29, 0.717) is 5.82 Å². The summed E-state index contributed by atoms with van der Waals surface area (Å²) in [6.07, 6.45) is 1.72. The van der Waals surface area contributed by atoms with E-state index in [1.54, 1.807) is 12.3 Å². The van der Waals surface area contributed by atoms with Crippen LogP contribution in [0.15, 0.2) is 12.3 Å². The number of nitrogens with one attached hydrogen (secondary N) is 1. The molecule has 0 amide bonds. The van der Waals surface area contributed by atoms with Crippen molar-refractivity contribution < 1.29 is 0 Å². The molecule has 0 aromatic carbocycles. The Morgan fingerprint density at radius 2 is 2.07 bits per heavy atom. The molecule has 0 saturated carbocycles. The minimum absolute atomic E-state index is 0.0216. The highest BCUT2D eigenvalue weighted by Crippen LogP contribution is 2.22. The van der Waals surface area contributed by atoms with Crippen LogP contribution < -0.4 is 5.73 Å². The van der Waals surface area contributed by atoms with Gasteiger partial charge >= 0.3 is 0 Å². The zero-order valence-corrected chi connectivity index (χ0v) is 8.63. The molecule has 2 rings (SSSR count). The van der Waals surface area contributed by atoms with Crippen LogP contribution >= 0.6 is 0 Å². The molecule has 0 saturated heterocycles. The number of aromatic amines is 1. The Morgan fingerprint density at radius 1 is 1.36 bits per heavy atom. The molecule has 0 unspecified atom stereocenters. The maximum atomic E-state index is 5.58. The molecule has 0 atom stereocenters. The summed E-state index contributed by atoms with van der Waals surface area (Å²) < 4.78 is 0. The van der Waals surface area contributed by atoms with Crippen LogP contribution in [0.5, 0.6) is 0 Å². The standard InChI is InChI=1S/C10H14N4/c1-10(2,3)9-13-6-4-8(11)12-5-7(6)14-9/h4-5H,1-3H3,(H2,11,12)(H,13,14). The predicted octanol–water partition coefficient (Wildman–Crippen LogP) is 1.84. The number of nitrogens with two attached hydrogens (primary N) is 1. The van der Waals surface area contributed by atoms with Crippen LogP contribution in [-0.4, -0.2) is 15.0 Å². The molecule has 0 radical (unpaired) electrons. The number of H-pyrrole nitrogens is 1. The summed E-state index contributed by atoms with van der Waals surface area (Å²) in [6, 6.07) is 1.78. The maximum absolute atomic E-state index is 5.58. The van der Waals surface area contributed by atoms with Gasteiger partial charge in [-0.25, -0.2) is 9.97 Å². The van der Waals surface area contributed by atoms with Crippen LogP contribution in [0, 0.1) is 0 Å². The molecule has 0 aliphatic carbocycles. The summed E-state index contributed by atoms with van der Waals surface area (Å²) >= 11 is 0. The van der Waals surface area contributed by atoms with Crippen LogP contribution in [0.1, 0.15) is 26.6 Å². The molecule has 74 valence electrons. The van der Waals surface area contributed by atoms with Crippen LogP contribution in [0.4, 0.5) is 5.82 Å². The van der Waals surface area contributed by atoms with Gasteiger partial charge in [-0.1, -0.05) is 20.8 Å². The van der Waals surface area contributed by atoms with Crippen LogP contribution in [0.25, 0.3) is 11.0 Å². The molecule has 0 fully saturated rings. The van der Waals surface area contributed by atoms with Crippen molar-refractivity contribution in [1.82, 2.24) is 15.0 Å². The van der Waals surface area contributed by atoms with Crippen molar-refractivity contribution in [2.24, 2.45) is 0 Å². The first-order chi connectivity index (χ1) is 6.47. The Kier molecular flexibility index (Phi) is 1.74. The van der Waals surface area contributed by atoms with Crippen molar-refractivity contribution in [1.29, 1.82) is 0 Å². The van der Waals surface area contributed by atoms with E-state index >= 15 is 0 Å². The van der Waals surface area contributed by atoms with Crippen molar-refractivity contribution in [2.45, 2.75) is 26.2 Å². The first-order valence-electron chi connectivity index (χ1n) is 4.58. The van der Waals surface area contributed by atoms with Crippen molar-refractivity contribution in [2.75, 3.05) is 5.73 Å². The summed E-state index contributed by atoms with van der Waals surface area (Å²) in [6.45, 7) is 6.34. The Bertz CT molecular complexity index is 464. The van der Waals surface area contributed by atoms with Gasteiger partial charge in [0, 0.05) is 11.5 Å². The molecular formula is C10H14N4. The number of nitrogen functional groups attached to an aromatic ring is 1. The van der Waals surface area contributed by atoms with Crippen molar-refractivity contribution in [3.8, 4) is 0 Å². The predicted molar refractivity (Wildman–Crippen MR) is 57.0 cm³/mol. The fourth-order valence-electron chi connectivity index (χ4n) is 1.28. The van der Waals surface area contributed by atoms with E-state index < -0.39 is 0 Å². The molecule has 4 heteroatoms. The summed E-state index contributed by atoms with van der Waals surface area (Å²) in [4.78, 5) is 11.7. The van der Waals surface area contributed by atoms with E-state index in [-0.39, 0.29) is 5.41 Å². The SMILES string of the molecule is CC(C)(C)c1nc2cc(N)ncc2[nH]1. The maximum Gasteiger partial charge on any atom is 0.125 e. The van der Waals surface area contributed by atoms with Crippen molar-refractivity contribution >= 4 is 16.9 Å². The third-order valence-corrected chi connectivity index (χ3v) is 2.10. The number of hydrogen-bond acceptors (Lipinski definition) is 3. The summed E-state index contributed by atoms with van der Waals surface area (Å²) in [7, 11) is 0. The van der Waals surface area contributed by atoms with Gasteiger partial charge in [0.25, 0.3) is 0 Å². The average molecular weight is 190 g/mol. The highest BCUT2D eigenvalue weighted by atomic mass is 15.0. The number of fused-ring (bicyclic) bond motifs is 1. The number of rotatable bonds is 0. The van der Waals surface area contributed by atoms with Crippen LogP contribution in [-0.2, 0) is 5.41 Å². The van der Waals surface area contributed by atoms with E-state index in [2.05, 4.69) is 35.7 Å². The molecule has 4 nitrogen and oxygen atoms in total. The molecule has 2 heterocycles. The second kappa shape index (κ2) is 2.70. The topological polar surface area (TPSA) is 67.6 Å². The van der Waals surface area contributed by atoms with Gasteiger partial charge in [0.2, 0.25) is 0 Å². The minimum Gasteiger partial charge on any atom is -0.384 e. The molecule has 0 spiro atoms. The number of anilines is 1. The number of imidazole rings is 1. The first-order valence-corrected chi connectivity index (χ1v) is 4.58. The second-order valence-corrected chi connectivity index (χ2v) is 4.46. The summed E-state index contributed by atoms with van der Waals surface area (Å²) in [5.74, 6) is 1.46. The normalized spacial score (nSPS) is 12.2. The number of hydrogen-bond donors (Lipinski definition) is 2. The number of nitrogens with zero attached hydrogens (tertiary/aromatic N) is 2. The highest BCUT2D eigenvalue weighted by molar-refractivity contribution is 5.76. The van der Waals surface area contributed by atoms with Crippen LogP contribution in [0.3, 0.4) is 0 Å². The Morgan fingerprint density at radius 3 is 2.71 bits per heavy atom.